The summed E-state index contributed by atoms with van der Waals surface area (Å²) in [4.78, 5) is 50.6. The zero-order chi connectivity index (χ0) is 32.3. The smallest absolute Gasteiger partial charge is 0.321 e. The number of carbonyl (C=O) groups is 3. The molecule has 3 atom stereocenters. The van der Waals surface area contributed by atoms with Crippen molar-refractivity contribution in [1.82, 2.24) is 20.3 Å². The molecule has 0 amide bonds. The van der Waals surface area contributed by atoms with Gasteiger partial charge >= 0.3 is 11.9 Å². The number of rotatable bonds is 6. The third kappa shape index (κ3) is 4.71. The first-order valence-corrected chi connectivity index (χ1v) is 15.8. The average Bonchev–Trinajstić information content (AvgIpc) is 3.76. The summed E-state index contributed by atoms with van der Waals surface area (Å²) in [6.45, 7) is 12.6. The Balaban J connectivity index is 1.71. The van der Waals surface area contributed by atoms with E-state index < -0.39 is 11.9 Å². The summed E-state index contributed by atoms with van der Waals surface area (Å²) < 4.78 is 10.2. The highest BCUT2D eigenvalue weighted by molar-refractivity contribution is 6.24. The van der Waals surface area contributed by atoms with Crippen molar-refractivity contribution >= 4 is 41.5 Å². The van der Waals surface area contributed by atoms with Gasteiger partial charge in [-0.3, -0.25) is 14.4 Å². The minimum absolute atomic E-state index is 0.0347. The number of allylic oxidation sites excluding steroid dienone is 2. The van der Waals surface area contributed by atoms with E-state index >= 15 is 0 Å². The standard InChI is InChI=1S/C36H42N4O5/c1-9-20-16(3)23-13-25-18(5)22(11-12-29(41)44-7)33(39-25)31-32(36(43)45-8)35(42)30-19(6)26(40-34(30)31)15-28-21(10-2)17(4)24(38-28)14-27(20)37-23/h13-15,18,22,32,37-40H,9-12H2,1-8H3/b24-14-,25-13-,28-15-,33-31-/t18-,22-,32+/m0/s1. The second-order valence-corrected chi connectivity index (χ2v) is 12.4. The Morgan fingerprint density at radius 3 is 2.18 bits per heavy atom. The van der Waals surface area contributed by atoms with Gasteiger partial charge in [0, 0.05) is 68.6 Å². The Morgan fingerprint density at radius 1 is 0.822 bits per heavy atom. The van der Waals surface area contributed by atoms with E-state index in [-0.39, 0.29) is 30.0 Å². The molecule has 9 nitrogen and oxygen atoms in total. The van der Waals surface area contributed by atoms with Crippen molar-refractivity contribution in [2.75, 3.05) is 14.2 Å². The molecule has 0 radical (unpaired) electrons. The molecular formula is C36H42N4O5. The lowest BCUT2D eigenvalue weighted by Crippen LogP contribution is -2.25. The third-order valence-corrected chi connectivity index (χ3v) is 10.2. The molecule has 3 aromatic rings. The maximum Gasteiger partial charge on any atom is 0.321 e. The summed E-state index contributed by atoms with van der Waals surface area (Å²) >= 11 is 0. The van der Waals surface area contributed by atoms with Crippen LogP contribution in [0.15, 0.2) is 11.4 Å². The molecule has 1 saturated heterocycles. The quantitative estimate of drug-likeness (QED) is 0.244. The summed E-state index contributed by atoms with van der Waals surface area (Å²) in [5, 5.41) is 5.67. The van der Waals surface area contributed by atoms with Gasteiger partial charge in [0.15, 0.2) is 5.78 Å². The van der Waals surface area contributed by atoms with Crippen LogP contribution in [0.1, 0.15) is 94.6 Å². The SMILES string of the molecule is CCc1c2[nH]c(c1C)/C=C1\N/C(=C3\c4[nH]c(c(C)c4C(=O)[C@@H]3C(=O)OC)/C=c3\[nH]/c(c(C)c3CC)=C\2)[C@@H](CCC(=O)OC)[C@@H]1C. The van der Waals surface area contributed by atoms with Crippen molar-refractivity contribution in [3.05, 3.63) is 78.2 Å². The first-order valence-electron chi connectivity index (χ1n) is 15.8. The van der Waals surface area contributed by atoms with Crippen LogP contribution in [0.5, 0.6) is 0 Å². The van der Waals surface area contributed by atoms with Crippen LogP contribution < -0.4 is 16.0 Å². The molecule has 8 bridgehead atoms. The monoisotopic (exact) mass is 610 g/mol. The van der Waals surface area contributed by atoms with Crippen LogP contribution in [0.2, 0.25) is 0 Å². The van der Waals surface area contributed by atoms with E-state index in [1.807, 2.05) is 6.92 Å². The topological polar surface area (TPSA) is 129 Å². The number of ether oxygens (including phenoxy) is 2. The number of H-pyrrole nitrogens is 3. The molecule has 3 aromatic heterocycles. The maximum atomic E-state index is 14.1. The molecule has 4 N–H and O–H groups in total. The second kappa shape index (κ2) is 11.4. The fraction of sp³-hybridized carbons (Fsp3) is 0.417. The lowest BCUT2D eigenvalue weighted by molar-refractivity contribution is -0.142. The molecule has 0 aromatic carbocycles. The van der Waals surface area contributed by atoms with Gasteiger partial charge in [-0.05, 0) is 86.1 Å². The van der Waals surface area contributed by atoms with Gasteiger partial charge in [0.2, 0.25) is 0 Å². The number of aromatic amines is 3. The zero-order valence-corrected chi connectivity index (χ0v) is 27.3. The van der Waals surface area contributed by atoms with E-state index in [0.717, 1.165) is 57.6 Å². The van der Waals surface area contributed by atoms with E-state index in [9.17, 15) is 14.4 Å². The fourth-order valence-corrected chi connectivity index (χ4v) is 7.60. The molecule has 0 spiro atoms. The van der Waals surface area contributed by atoms with E-state index in [4.69, 9.17) is 9.47 Å². The van der Waals surface area contributed by atoms with Crippen molar-refractivity contribution in [3.8, 4) is 0 Å². The normalized spacial score (nSPS) is 24.3. The molecule has 2 aliphatic heterocycles. The highest BCUT2D eigenvalue weighted by Crippen LogP contribution is 2.48. The van der Waals surface area contributed by atoms with Gasteiger partial charge in [0.25, 0.3) is 0 Å². The van der Waals surface area contributed by atoms with Crippen LogP contribution in [0.25, 0.3) is 23.8 Å². The van der Waals surface area contributed by atoms with E-state index in [1.54, 1.807) is 0 Å². The molecule has 5 heterocycles. The third-order valence-electron chi connectivity index (χ3n) is 10.2. The minimum Gasteiger partial charge on any atom is -0.469 e. The molecule has 0 unspecified atom stereocenters. The van der Waals surface area contributed by atoms with Crippen LogP contribution in [0, 0.1) is 38.5 Å². The molecule has 3 aliphatic rings. The van der Waals surface area contributed by atoms with E-state index in [1.165, 1.54) is 36.5 Å². The first-order chi connectivity index (χ1) is 21.5. The summed E-state index contributed by atoms with van der Waals surface area (Å²) in [6, 6.07) is 0. The molecule has 236 valence electrons. The number of methoxy groups -OCH3 is 2. The van der Waals surface area contributed by atoms with Crippen LogP contribution in [-0.2, 0) is 31.9 Å². The first kappa shape index (κ1) is 30.5. The largest absolute Gasteiger partial charge is 0.469 e. The fourth-order valence-electron chi connectivity index (χ4n) is 7.60. The molecular weight excluding hydrogens is 568 g/mol. The Labute approximate surface area is 262 Å². The number of aromatic nitrogens is 3. The van der Waals surface area contributed by atoms with Crippen LogP contribution >= 0.6 is 0 Å². The molecule has 1 aliphatic carbocycles. The van der Waals surface area contributed by atoms with Crippen molar-refractivity contribution in [2.45, 2.75) is 67.2 Å². The molecule has 0 saturated carbocycles. The average molecular weight is 611 g/mol. The Kier molecular flexibility index (Phi) is 7.75. The molecule has 9 heteroatoms. The number of fused-ring (bicyclic) bond motifs is 7. The summed E-state index contributed by atoms with van der Waals surface area (Å²) in [7, 11) is 2.70. The number of hydrogen-bond donors (Lipinski definition) is 4. The Hall–Kier alpha value is -4.53. The molecule has 1 fully saturated rings. The molecule has 45 heavy (non-hydrogen) atoms. The minimum atomic E-state index is -1.11. The second-order valence-electron chi connectivity index (χ2n) is 12.4. The lowest BCUT2D eigenvalue weighted by Gasteiger charge is -2.19. The van der Waals surface area contributed by atoms with Crippen LogP contribution in [-0.4, -0.2) is 46.9 Å². The number of nitrogens with one attached hydrogen (secondary N) is 4. The van der Waals surface area contributed by atoms with Crippen molar-refractivity contribution in [3.63, 3.8) is 0 Å². The van der Waals surface area contributed by atoms with Crippen LogP contribution in [0.3, 0.4) is 0 Å². The summed E-state index contributed by atoms with van der Waals surface area (Å²) in [5.41, 5.74) is 11.9. The Bertz CT molecular complexity index is 1950. The highest BCUT2D eigenvalue weighted by atomic mass is 16.5. The van der Waals surface area contributed by atoms with Crippen molar-refractivity contribution in [1.29, 1.82) is 0 Å². The van der Waals surface area contributed by atoms with Gasteiger partial charge < -0.3 is 29.7 Å². The molecule has 6 rings (SSSR count). The number of carbonyl (C=O) groups excluding carboxylic acids is 3. The van der Waals surface area contributed by atoms with E-state index in [0.29, 0.717) is 23.3 Å². The van der Waals surface area contributed by atoms with Gasteiger partial charge in [-0.1, -0.05) is 20.8 Å². The predicted octanol–water partition coefficient (Wildman–Crippen LogP) is 4.24. The van der Waals surface area contributed by atoms with Gasteiger partial charge in [0.05, 0.1) is 19.9 Å². The zero-order valence-electron chi connectivity index (χ0n) is 27.3. The maximum absolute atomic E-state index is 14.1. The number of ketones is 1. The predicted molar refractivity (Wildman–Crippen MR) is 174 cm³/mol. The number of Topliss-reactive ketones (excluding diaryl/α,β-unsaturated/α-hetero) is 1. The van der Waals surface area contributed by atoms with Crippen LogP contribution in [0.4, 0.5) is 0 Å². The number of hydrogen-bond acceptors (Lipinski definition) is 6. The van der Waals surface area contributed by atoms with Crippen molar-refractivity contribution in [2.24, 2.45) is 17.8 Å². The van der Waals surface area contributed by atoms with Gasteiger partial charge in [-0.2, -0.15) is 0 Å². The number of esters is 2. The van der Waals surface area contributed by atoms with E-state index in [2.05, 4.69) is 73.1 Å². The van der Waals surface area contributed by atoms with Gasteiger partial charge in [-0.25, -0.2) is 0 Å². The summed E-state index contributed by atoms with van der Waals surface area (Å²) in [5.74, 6) is -2.50. The van der Waals surface area contributed by atoms with Crippen molar-refractivity contribution < 1.29 is 23.9 Å². The lowest BCUT2D eigenvalue weighted by atomic mass is 9.85. The van der Waals surface area contributed by atoms with Gasteiger partial charge in [-0.15, -0.1) is 0 Å². The summed E-state index contributed by atoms with van der Waals surface area (Å²) in [6.07, 6.45) is 8.81. The Morgan fingerprint density at radius 2 is 1.51 bits per heavy atom. The highest BCUT2D eigenvalue weighted by Gasteiger charge is 2.48. The van der Waals surface area contributed by atoms with Gasteiger partial charge in [0.1, 0.15) is 5.92 Å².